The van der Waals surface area contributed by atoms with Crippen molar-refractivity contribution in [3.63, 3.8) is 0 Å². The van der Waals surface area contributed by atoms with Gasteiger partial charge in [-0.3, -0.25) is 9.89 Å². The predicted molar refractivity (Wildman–Crippen MR) is 112 cm³/mol. The molecule has 2 N–H and O–H groups in total. The number of amides is 1. The van der Waals surface area contributed by atoms with Gasteiger partial charge in [-0.15, -0.1) is 15.3 Å². The summed E-state index contributed by atoms with van der Waals surface area (Å²) >= 11 is 0. The second-order valence-corrected chi connectivity index (χ2v) is 8.15. The van der Waals surface area contributed by atoms with E-state index in [4.69, 9.17) is 4.42 Å². The molecule has 6 heterocycles. The molecule has 13 nitrogen and oxygen atoms in total. The van der Waals surface area contributed by atoms with E-state index in [1.807, 2.05) is 12.4 Å². The third-order valence-electron chi connectivity index (χ3n) is 5.98. The Labute approximate surface area is 187 Å². The summed E-state index contributed by atoms with van der Waals surface area (Å²) in [5.41, 5.74) is 2.37. The van der Waals surface area contributed by atoms with Crippen LogP contribution in [0.5, 0.6) is 0 Å². The van der Waals surface area contributed by atoms with Crippen LogP contribution in [-0.4, -0.2) is 68.5 Å². The number of nitrogens with zero attached hydrogens (tertiary/aromatic N) is 9. The van der Waals surface area contributed by atoms with Crippen molar-refractivity contribution < 1.29 is 9.21 Å². The molecule has 0 saturated carbocycles. The molecule has 0 bridgehead atoms. The maximum atomic E-state index is 12.6. The second-order valence-electron chi connectivity index (χ2n) is 8.15. The van der Waals surface area contributed by atoms with Gasteiger partial charge in [-0.2, -0.15) is 0 Å². The van der Waals surface area contributed by atoms with Crippen LogP contribution in [0.25, 0.3) is 11.5 Å². The van der Waals surface area contributed by atoms with E-state index in [9.17, 15) is 4.79 Å². The zero-order valence-corrected chi connectivity index (χ0v) is 17.7. The maximum absolute atomic E-state index is 12.6. The maximum Gasteiger partial charge on any atom is 0.250 e. The second kappa shape index (κ2) is 8.07. The number of nitrogens with one attached hydrogen (secondary N) is 2. The van der Waals surface area contributed by atoms with Crippen molar-refractivity contribution in [3.8, 4) is 11.5 Å². The summed E-state index contributed by atoms with van der Waals surface area (Å²) in [7, 11) is 0. The Kier molecular flexibility index (Phi) is 4.78. The van der Waals surface area contributed by atoms with Crippen LogP contribution in [-0.2, 0) is 37.1 Å². The molecule has 1 unspecified atom stereocenters. The van der Waals surface area contributed by atoms with Gasteiger partial charge in [0.25, 0.3) is 5.89 Å². The molecular formula is C20H21N11O2. The molecule has 0 aromatic carbocycles. The van der Waals surface area contributed by atoms with Gasteiger partial charge in [-0.1, -0.05) is 5.21 Å². The van der Waals surface area contributed by atoms with E-state index in [1.165, 1.54) is 0 Å². The zero-order valence-electron chi connectivity index (χ0n) is 17.7. The molecule has 6 rings (SSSR count). The van der Waals surface area contributed by atoms with Crippen LogP contribution in [0.1, 0.15) is 29.5 Å². The van der Waals surface area contributed by atoms with Crippen LogP contribution in [0.3, 0.4) is 0 Å². The van der Waals surface area contributed by atoms with Crippen LogP contribution in [0, 0.1) is 0 Å². The number of carbonyl (C=O) groups excluding carboxylic acids is 1. The summed E-state index contributed by atoms with van der Waals surface area (Å²) in [4.78, 5) is 27.5. The minimum atomic E-state index is -0.0947. The van der Waals surface area contributed by atoms with E-state index in [0.717, 1.165) is 36.6 Å². The van der Waals surface area contributed by atoms with Crippen LogP contribution in [0.15, 0.2) is 29.2 Å². The molecule has 168 valence electrons. The Bertz CT molecular complexity index is 1280. The molecule has 0 radical (unpaired) electrons. The first kappa shape index (κ1) is 19.5. The minimum absolute atomic E-state index is 0.0259. The van der Waals surface area contributed by atoms with E-state index in [-0.39, 0.29) is 30.2 Å². The average molecular weight is 447 g/mol. The molecule has 2 aliphatic rings. The molecule has 4 aromatic rings. The summed E-state index contributed by atoms with van der Waals surface area (Å²) in [5.74, 6) is 2.04. The first-order valence-electron chi connectivity index (χ1n) is 10.8. The normalized spacial score (nSPS) is 17.5. The smallest absolute Gasteiger partial charge is 0.250 e. The van der Waals surface area contributed by atoms with Crippen LogP contribution in [0.4, 0.5) is 5.95 Å². The summed E-state index contributed by atoms with van der Waals surface area (Å²) in [6, 6.07) is 0.231. The van der Waals surface area contributed by atoms with Gasteiger partial charge in [0, 0.05) is 56.8 Å². The molecular weight excluding hydrogens is 426 g/mol. The summed E-state index contributed by atoms with van der Waals surface area (Å²) in [6.07, 6.45) is 9.63. The Morgan fingerprint density at radius 2 is 2.09 bits per heavy atom. The molecule has 2 aliphatic heterocycles. The van der Waals surface area contributed by atoms with E-state index in [2.05, 4.69) is 50.4 Å². The number of aromatic amines is 1. The fraction of sp³-hybridized carbons (Fsp3) is 0.400. The quantitative estimate of drug-likeness (QED) is 0.439. The number of H-pyrrole nitrogens is 1. The van der Waals surface area contributed by atoms with E-state index < -0.39 is 0 Å². The van der Waals surface area contributed by atoms with Gasteiger partial charge in [0.2, 0.25) is 17.7 Å². The number of hydrogen-bond acceptors (Lipinski definition) is 10. The fourth-order valence-corrected chi connectivity index (χ4v) is 4.17. The lowest BCUT2D eigenvalue weighted by molar-refractivity contribution is -0.131. The Morgan fingerprint density at radius 3 is 3.00 bits per heavy atom. The first-order valence-corrected chi connectivity index (χ1v) is 10.8. The van der Waals surface area contributed by atoms with Crippen molar-refractivity contribution in [1.29, 1.82) is 0 Å². The van der Waals surface area contributed by atoms with Gasteiger partial charge in [-0.05, 0) is 6.42 Å². The van der Waals surface area contributed by atoms with Gasteiger partial charge in [0.05, 0.1) is 17.8 Å². The van der Waals surface area contributed by atoms with Crippen LogP contribution < -0.4 is 5.32 Å². The van der Waals surface area contributed by atoms with Crippen molar-refractivity contribution in [1.82, 2.24) is 50.0 Å². The number of anilines is 1. The summed E-state index contributed by atoms with van der Waals surface area (Å²) < 4.78 is 7.85. The van der Waals surface area contributed by atoms with Gasteiger partial charge < -0.3 is 19.2 Å². The van der Waals surface area contributed by atoms with Crippen LogP contribution >= 0.6 is 0 Å². The Hall–Kier alpha value is -4.16. The van der Waals surface area contributed by atoms with E-state index in [0.29, 0.717) is 31.0 Å². The Balaban J connectivity index is 1.07. The molecule has 1 atom stereocenters. The molecule has 0 spiro atoms. The number of aryl methyl sites for hydroxylation is 1. The largest absolute Gasteiger partial charge is 0.420 e. The van der Waals surface area contributed by atoms with Crippen molar-refractivity contribution in [3.05, 3.63) is 47.9 Å². The molecule has 0 aliphatic carbocycles. The number of imidazole rings is 1. The standard InChI is InChI=1S/C20H21N11O2/c32-18(31-5-2-14-15(11-31)26-29-25-14)8-17-27-28-19(33-17)12-9-22-20(23-10-12)24-13-1-4-30-6-3-21-16(30)7-13/h3,6,9-10,13H,1-2,4-5,7-8,11H2,(H,22,23,24)(H,25,26,29). The predicted octanol–water partition coefficient (Wildman–Crippen LogP) is 0.396. The number of aromatic nitrogens is 9. The number of hydrogen-bond donors (Lipinski definition) is 2. The highest BCUT2D eigenvalue weighted by molar-refractivity contribution is 5.78. The summed E-state index contributed by atoms with van der Waals surface area (Å²) in [6.45, 7) is 1.95. The topological polar surface area (TPSA) is 156 Å². The van der Waals surface area contributed by atoms with Crippen molar-refractivity contribution in [2.75, 3.05) is 11.9 Å². The highest BCUT2D eigenvalue weighted by atomic mass is 16.4. The summed E-state index contributed by atoms with van der Waals surface area (Å²) in [5, 5.41) is 22.1. The van der Waals surface area contributed by atoms with Crippen LogP contribution in [0.2, 0.25) is 0 Å². The van der Waals surface area contributed by atoms with Crippen molar-refractivity contribution in [2.24, 2.45) is 0 Å². The highest BCUT2D eigenvalue weighted by Gasteiger charge is 2.25. The molecule has 33 heavy (non-hydrogen) atoms. The lowest BCUT2D eigenvalue weighted by atomic mass is 10.1. The molecule has 0 saturated heterocycles. The number of rotatable bonds is 5. The Morgan fingerprint density at radius 1 is 1.18 bits per heavy atom. The van der Waals surface area contributed by atoms with Gasteiger partial charge in [0.1, 0.15) is 17.9 Å². The molecule has 0 fully saturated rings. The fourth-order valence-electron chi connectivity index (χ4n) is 4.17. The van der Waals surface area contributed by atoms with Gasteiger partial charge in [0.15, 0.2) is 0 Å². The lowest BCUT2D eigenvalue weighted by Gasteiger charge is -2.25. The average Bonchev–Trinajstić information content (AvgIpc) is 3.59. The number of fused-ring (bicyclic) bond motifs is 2. The van der Waals surface area contributed by atoms with Gasteiger partial charge in [-0.25, -0.2) is 15.0 Å². The molecule has 13 heteroatoms. The first-order chi connectivity index (χ1) is 16.2. The minimum Gasteiger partial charge on any atom is -0.420 e. The highest BCUT2D eigenvalue weighted by Crippen LogP contribution is 2.20. The third-order valence-corrected chi connectivity index (χ3v) is 5.98. The molecule has 4 aromatic heterocycles. The van der Waals surface area contributed by atoms with Gasteiger partial charge >= 0.3 is 0 Å². The number of carbonyl (C=O) groups is 1. The SMILES string of the molecule is O=C(Cc1nnc(-c2cnc(NC3CCn4ccnc4C3)nc2)o1)N1CCc2[nH]nnc2C1. The lowest BCUT2D eigenvalue weighted by Crippen LogP contribution is -2.37. The van der Waals surface area contributed by atoms with E-state index >= 15 is 0 Å². The molecule has 1 amide bonds. The zero-order chi connectivity index (χ0) is 22.2. The van der Waals surface area contributed by atoms with Crippen molar-refractivity contribution >= 4 is 11.9 Å². The third kappa shape index (κ3) is 3.92. The van der Waals surface area contributed by atoms with Crippen molar-refractivity contribution in [2.45, 2.75) is 44.8 Å². The van der Waals surface area contributed by atoms with E-state index in [1.54, 1.807) is 17.3 Å². The monoisotopic (exact) mass is 447 g/mol.